The lowest BCUT2D eigenvalue weighted by Crippen LogP contribution is -2.32. The van der Waals surface area contributed by atoms with Gasteiger partial charge in [0.25, 0.3) is 5.69 Å². The van der Waals surface area contributed by atoms with Crippen LogP contribution in [0.2, 0.25) is 5.02 Å². The molecule has 19 heavy (non-hydrogen) atoms. The number of nitro groups is 1. The molecule has 0 heterocycles. The Kier molecular flexibility index (Phi) is 4.77. The van der Waals surface area contributed by atoms with E-state index in [-0.39, 0.29) is 10.6 Å². The van der Waals surface area contributed by atoms with E-state index in [2.05, 4.69) is 11.8 Å². The summed E-state index contributed by atoms with van der Waals surface area (Å²) in [6, 6.07) is 5.27. The summed E-state index contributed by atoms with van der Waals surface area (Å²) in [4.78, 5) is 12.8. The van der Waals surface area contributed by atoms with Gasteiger partial charge in [0.2, 0.25) is 0 Å². The minimum absolute atomic E-state index is 0.113. The molecule has 5 heteroatoms. The molecule has 1 aliphatic rings. The molecule has 1 aromatic carbocycles. The zero-order chi connectivity index (χ0) is 13.8. The Morgan fingerprint density at radius 3 is 2.68 bits per heavy atom. The molecule has 0 amide bonds. The molecule has 0 spiro atoms. The second-order valence-electron chi connectivity index (χ2n) is 5.03. The van der Waals surface area contributed by atoms with Gasteiger partial charge >= 0.3 is 0 Å². The Labute approximate surface area is 118 Å². The summed E-state index contributed by atoms with van der Waals surface area (Å²) >= 11 is 6.16. The molecule has 104 valence electrons. The highest BCUT2D eigenvalue weighted by Gasteiger charge is 2.22. The van der Waals surface area contributed by atoms with Crippen LogP contribution in [-0.4, -0.2) is 22.4 Å². The van der Waals surface area contributed by atoms with Crippen LogP contribution < -0.4 is 0 Å². The third-order valence-corrected chi connectivity index (χ3v) is 4.23. The number of non-ortho nitro benzene ring substituents is 1. The van der Waals surface area contributed by atoms with Crippen LogP contribution in [0.5, 0.6) is 0 Å². The van der Waals surface area contributed by atoms with Crippen LogP contribution in [-0.2, 0) is 6.54 Å². The van der Waals surface area contributed by atoms with Crippen molar-refractivity contribution < 1.29 is 4.92 Å². The van der Waals surface area contributed by atoms with Crippen molar-refractivity contribution in [1.82, 2.24) is 4.90 Å². The highest BCUT2D eigenvalue weighted by atomic mass is 35.5. The first-order valence-electron chi connectivity index (χ1n) is 6.78. The van der Waals surface area contributed by atoms with Gasteiger partial charge in [-0.25, -0.2) is 0 Å². The maximum absolute atomic E-state index is 10.8. The van der Waals surface area contributed by atoms with Crippen LogP contribution in [0.1, 0.15) is 38.2 Å². The summed E-state index contributed by atoms with van der Waals surface area (Å²) < 4.78 is 0. The summed E-state index contributed by atoms with van der Waals surface area (Å²) in [5, 5.41) is 11.4. The predicted octanol–water partition coefficient (Wildman–Crippen LogP) is 4.01. The molecule has 1 aromatic rings. The maximum Gasteiger partial charge on any atom is 0.269 e. The van der Waals surface area contributed by atoms with Crippen molar-refractivity contribution in [2.24, 2.45) is 0 Å². The Morgan fingerprint density at radius 2 is 2.11 bits per heavy atom. The molecule has 2 rings (SSSR count). The zero-order valence-electron chi connectivity index (χ0n) is 11.1. The molecule has 0 aromatic heterocycles. The van der Waals surface area contributed by atoms with Crippen LogP contribution in [0.4, 0.5) is 5.69 Å². The fraction of sp³-hybridized carbons (Fsp3) is 0.571. The van der Waals surface area contributed by atoms with E-state index in [1.807, 2.05) is 0 Å². The van der Waals surface area contributed by atoms with Gasteiger partial charge in [-0.2, -0.15) is 0 Å². The standard InChI is InChI=1S/C14H19ClN2O2/c1-2-16(12-5-3-4-6-12)10-11-9-13(17(18)19)7-8-14(11)15/h7-9,12H,2-6,10H2,1H3. The van der Waals surface area contributed by atoms with E-state index in [1.165, 1.54) is 31.7 Å². The van der Waals surface area contributed by atoms with E-state index >= 15 is 0 Å². The lowest BCUT2D eigenvalue weighted by Gasteiger charge is -2.27. The Morgan fingerprint density at radius 1 is 1.42 bits per heavy atom. The van der Waals surface area contributed by atoms with Gasteiger partial charge in [0.05, 0.1) is 4.92 Å². The van der Waals surface area contributed by atoms with Crippen LogP contribution in [0, 0.1) is 10.1 Å². The summed E-state index contributed by atoms with van der Waals surface area (Å²) in [6.45, 7) is 3.77. The number of nitro benzene ring substituents is 1. The molecule has 1 aliphatic carbocycles. The zero-order valence-corrected chi connectivity index (χ0v) is 11.9. The van der Waals surface area contributed by atoms with Gasteiger partial charge in [-0.05, 0) is 31.0 Å². The number of hydrogen-bond acceptors (Lipinski definition) is 3. The molecule has 1 saturated carbocycles. The summed E-state index contributed by atoms with van der Waals surface area (Å²) in [5.74, 6) is 0. The van der Waals surface area contributed by atoms with Crippen molar-refractivity contribution in [3.8, 4) is 0 Å². The second kappa shape index (κ2) is 6.35. The van der Waals surface area contributed by atoms with Crippen LogP contribution >= 0.6 is 11.6 Å². The third kappa shape index (κ3) is 3.45. The van der Waals surface area contributed by atoms with Gasteiger partial charge in [0.15, 0.2) is 0 Å². The summed E-state index contributed by atoms with van der Waals surface area (Å²) in [6.07, 6.45) is 5.01. The van der Waals surface area contributed by atoms with Crippen molar-refractivity contribution in [3.05, 3.63) is 38.9 Å². The van der Waals surface area contributed by atoms with Crippen LogP contribution in [0.25, 0.3) is 0 Å². The Hall–Kier alpha value is -1.13. The van der Waals surface area contributed by atoms with E-state index < -0.39 is 0 Å². The van der Waals surface area contributed by atoms with Crippen molar-refractivity contribution >= 4 is 17.3 Å². The van der Waals surface area contributed by atoms with E-state index in [0.717, 1.165) is 12.1 Å². The topological polar surface area (TPSA) is 46.4 Å². The van der Waals surface area contributed by atoms with Gasteiger partial charge in [-0.15, -0.1) is 0 Å². The molecule has 0 N–H and O–H groups in total. The number of halogens is 1. The molecular weight excluding hydrogens is 264 g/mol. The largest absolute Gasteiger partial charge is 0.296 e. The highest BCUT2D eigenvalue weighted by Crippen LogP contribution is 2.28. The van der Waals surface area contributed by atoms with Crippen molar-refractivity contribution in [2.75, 3.05) is 6.54 Å². The second-order valence-corrected chi connectivity index (χ2v) is 5.44. The van der Waals surface area contributed by atoms with E-state index in [9.17, 15) is 10.1 Å². The SMILES string of the molecule is CCN(Cc1cc([N+](=O)[O-])ccc1Cl)C1CCCC1. The molecular formula is C14H19ClN2O2. The maximum atomic E-state index is 10.8. The average Bonchev–Trinajstić information content (AvgIpc) is 2.91. The molecule has 0 aliphatic heterocycles. The Balaban J connectivity index is 2.15. The smallest absolute Gasteiger partial charge is 0.269 e. The van der Waals surface area contributed by atoms with Gasteiger partial charge in [-0.1, -0.05) is 31.4 Å². The summed E-state index contributed by atoms with van der Waals surface area (Å²) in [5.41, 5.74) is 0.964. The molecule has 1 fully saturated rings. The first-order valence-corrected chi connectivity index (χ1v) is 7.16. The minimum Gasteiger partial charge on any atom is -0.296 e. The van der Waals surface area contributed by atoms with Gasteiger partial charge < -0.3 is 0 Å². The molecule has 0 saturated heterocycles. The normalized spacial score (nSPS) is 16.2. The predicted molar refractivity (Wildman–Crippen MR) is 76.4 cm³/mol. The van der Waals surface area contributed by atoms with Gasteiger partial charge in [0.1, 0.15) is 0 Å². The Bertz CT molecular complexity index is 459. The number of rotatable bonds is 5. The first-order chi connectivity index (χ1) is 9.11. The van der Waals surface area contributed by atoms with E-state index in [1.54, 1.807) is 12.1 Å². The molecule has 0 unspecified atom stereocenters. The van der Waals surface area contributed by atoms with Crippen LogP contribution in [0.15, 0.2) is 18.2 Å². The third-order valence-electron chi connectivity index (χ3n) is 3.86. The van der Waals surface area contributed by atoms with Crippen LogP contribution in [0.3, 0.4) is 0 Å². The van der Waals surface area contributed by atoms with E-state index in [4.69, 9.17) is 11.6 Å². The summed E-state index contributed by atoms with van der Waals surface area (Å²) in [7, 11) is 0. The van der Waals surface area contributed by atoms with Crippen molar-refractivity contribution in [2.45, 2.75) is 45.2 Å². The fourth-order valence-electron chi connectivity index (χ4n) is 2.78. The molecule has 4 nitrogen and oxygen atoms in total. The first kappa shape index (κ1) is 14.3. The molecule has 0 bridgehead atoms. The monoisotopic (exact) mass is 282 g/mol. The fourth-order valence-corrected chi connectivity index (χ4v) is 2.96. The van der Waals surface area contributed by atoms with E-state index in [0.29, 0.717) is 17.6 Å². The molecule has 0 radical (unpaired) electrons. The minimum atomic E-state index is -0.369. The number of hydrogen-bond donors (Lipinski definition) is 0. The van der Waals surface area contributed by atoms with Crippen molar-refractivity contribution in [1.29, 1.82) is 0 Å². The number of nitrogens with zero attached hydrogens (tertiary/aromatic N) is 2. The highest BCUT2D eigenvalue weighted by molar-refractivity contribution is 6.31. The van der Waals surface area contributed by atoms with Gasteiger partial charge in [-0.3, -0.25) is 15.0 Å². The lowest BCUT2D eigenvalue weighted by molar-refractivity contribution is -0.384. The van der Waals surface area contributed by atoms with Crippen molar-refractivity contribution in [3.63, 3.8) is 0 Å². The number of benzene rings is 1. The van der Waals surface area contributed by atoms with Gasteiger partial charge in [0, 0.05) is 29.7 Å². The average molecular weight is 283 g/mol. The molecule has 0 atom stereocenters. The lowest BCUT2D eigenvalue weighted by atomic mass is 10.1. The quantitative estimate of drug-likeness (QED) is 0.605.